The first-order valence-corrected chi connectivity index (χ1v) is 7.78. The van der Waals surface area contributed by atoms with Gasteiger partial charge in [0.15, 0.2) is 5.82 Å². The number of hydrogen-bond acceptors (Lipinski definition) is 4. The number of fused-ring (bicyclic) bond motifs is 5. The second-order valence-electron chi connectivity index (χ2n) is 6.36. The van der Waals surface area contributed by atoms with Crippen molar-refractivity contribution in [2.45, 2.75) is 6.42 Å². The fraction of sp³-hybridized carbons (Fsp3) is 0.294. The number of nitrogens with one attached hydrogen (secondary N) is 1. The van der Waals surface area contributed by atoms with Crippen LogP contribution >= 0.6 is 0 Å². The standard InChI is InChI=1S/C17H14N4O2/c22-15-12-10-6-7-11(8-10)13(12)16(23)21(15)17-18-14(19-20-17)9-4-2-1-3-5-9/h1-7,10-13H,8H2,(H,18,19,20)/t10-,11+,12-,13-/m0/s1. The third kappa shape index (κ3) is 1.63. The van der Waals surface area contributed by atoms with Gasteiger partial charge in [-0.1, -0.05) is 42.5 Å². The van der Waals surface area contributed by atoms with Crippen molar-refractivity contribution in [3.05, 3.63) is 42.5 Å². The molecular formula is C17H14N4O2. The highest BCUT2D eigenvalue weighted by Crippen LogP contribution is 2.52. The molecule has 2 aliphatic carbocycles. The average Bonchev–Trinajstić information content (AvgIpc) is 3.33. The third-order valence-corrected chi connectivity index (χ3v) is 5.19. The monoisotopic (exact) mass is 306 g/mol. The molecule has 1 N–H and O–H groups in total. The van der Waals surface area contributed by atoms with E-state index in [1.807, 2.05) is 30.3 Å². The number of imide groups is 1. The Hall–Kier alpha value is -2.76. The fourth-order valence-electron chi connectivity index (χ4n) is 4.18. The Morgan fingerprint density at radius 1 is 1.00 bits per heavy atom. The molecule has 0 radical (unpaired) electrons. The Balaban J connectivity index is 1.51. The van der Waals surface area contributed by atoms with Gasteiger partial charge < -0.3 is 0 Å². The normalized spacial score (nSPS) is 31.2. The van der Waals surface area contributed by atoms with E-state index in [0.717, 1.165) is 12.0 Å². The van der Waals surface area contributed by atoms with E-state index >= 15 is 0 Å². The van der Waals surface area contributed by atoms with E-state index in [2.05, 4.69) is 27.3 Å². The molecule has 4 atom stereocenters. The Bertz CT molecular complexity index is 811. The second-order valence-corrected chi connectivity index (χ2v) is 6.36. The van der Waals surface area contributed by atoms with Crippen molar-refractivity contribution in [3.63, 3.8) is 0 Å². The van der Waals surface area contributed by atoms with E-state index in [1.165, 1.54) is 4.90 Å². The van der Waals surface area contributed by atoms with Crippen LogP contribution in [0.3, 0.4) is 0 Å². The van der Waals surface area contributed by atoms with Gasteiger partial charge in [0.05, 0.1) is 11.8 Å². The number of hydrogen-bond donors (Lipinski definition) is 1. The smallest absolute Gasteiger partial charge is 0.258 e. The zero-order valence-electron chi connectivity index (χ0n) is 12.2. The number of carbonyl (C=O) groups excluding carboxylic acids is 2. The first kappa shape index (κ1) is 12.8. The predicted molar refractivity (Wildman–Crippen MR) is 82.0 cm³/mol. The van der Waals surface area contributed by atoms with Gasteiger partial charge in [-0.3, -0.25) is 14.7 Å². The number of anilines is 1. The Morgan fingerprint density at radius 2 is 1.65 bits per heavy atom. The lowest BCUT2D eigenvalue weighted by molar-refractivity contribution is -0.123. The quantitative estimate of drug-likeness (QED) is 0.677. The van der Waals surface area contributed by atoms with Crippen LogP contribution in [0, 0.1) is 23.7 Å². The maximum absolute atomic E-state index is 12.7. The number of amides is 2. The molecule has 1 aromatic carbocycles. The Morgan fingerprint density at radius 3 is 2.30 bits per heavy atom. The minimum Gasteiger partial charge on any atom is -0.274 e. The Labute approximate surface area is 132 Å². The van der Waals surface area contributed by atoms with Gasteiger partial charge in [0.2, 0.25) is 11.8 Å². The summed E-state index contributed by atoms with van der Waals surface area (Å²) in [7, 11) is 0. The minimum atomic E-state index is -0.226. The first-order chi connectivity index (χ1) is 11.2. The van der Waals surface area contributed by atoms with Crippen molar-refractivity contribution in [2.75, 3.05) is 4.90 Å². The van der Waals surface area contributed by atoms with Crippen molar-refractivity contribution in [1.82, 2.24) is 15.2 Å². The molecule has 2 aromatic rings. The minimum absolute atomic E-state index is 0.157. The van der Waals surface area contributed by atoms with Crippen LogP contribution in [0.4, 0.5) is 5.95 Å². The summed E-state index contributed by atoms with van der Waals surface area (Å²) in [5.41, 5.74) is 0.868. The molecule has 6 nitrogen and oxygen atoms in total. The van der Waals surface area contributed by atoms with Gasteiger partial charge >= 0.3 is 0 Å². The lowest BCUT2D eigenvalue weighted by atomic mass is 9.85. The molecule has 1 aliphatic heterocycles. The molecule has 1 saturated heterocycles. The van der Waals surface area contributed by atoms with Crippen molar-refractivity contribution in [2.24, 2.45) is 23.7 Å². The van der Waals surface area contributed by atoms with Gasteiger partial charge in [0.1, 0.15) is 0 Å². The molecule has 6 heteroatoms. The lowest BCUT2D eigenvalue weighted by Gasteiger charge is -2.14. The summed E-state index contributed by atoms with van der Waals surface area (Å²) in [4.78, 5) is 31.0. The van der Waals surface area contributed by atoms with Gasteiger partial charge in [-0.25, -0.2) is 4.90 Å². The van der Waals surface area contributed by atoms with Crippen molar-refractivity contribution in [3.8, 4) is 11.4 Å². The van der Waals surface area contributed by atoms with E-state index in [0.29, 0.717) is 5.82 Å². The molecule has 114 valence electrons. The maximum atomic E-state index is 12.7. The highest BCUT2D eigenvalue weighted by Gasteiger charge is 2.60. The number of nitrogens with zero attached hydrogens (tertiary/aromatic N) is 3. The topological polar surface area (TPSA) is 79.0 Å². The molecule has 5 rings (SSSR count). The van der Waals surface area contributed by atoms with Gasteiger partial charge in [0.25, 0.3) is 5.95 Å². The van der Waals surface area contributed by atoms with Crippen molar-refractivity contribution < 1.29 is 9.59 Å². The van der Waals surface area contributed by atoms with Gasteiger partial charge in [-0.05, 0) is 18.3 Å². The summed E-state index contributed by atoms with van der Waals surface area (Å²) in [6, 6.07) is 9.51. The first-order valence-electron chi connectivity index (χ1n) is 7.78. The molecule has 2 heterocycles. The molecule has 0 unspecified atom stereocenters. The summed E-state index contributed by atoms with van der Waals surface area (Å²) in [6.45, 7) is 0. The van der Waals surface area contributed by atoms with Crippen molar-refractivity contribution >= 4 is 17.8 Å². The summed E-state index contributed by atoms with van der Waals surface area (Å²) in [5, 5.41) is 6.92. The molecule has 1 aromatic heterocycles. The highest BCUT2D eigenvalue weighted by atomic mass is 16.2. The van der Waals surface area contributed by atoms with Crippen LogP contribution < -0.4 is 4.90 Å². The van der Waals surface area contributed by atoms with Crippen LogP contribution in [0.5, 0.6) is 0 Å². The van der Waals surface area contributed by atoms with Crippen LogP contribution in [0.15, 0.2) is 42.5 Å². The van der Waals surface area contributed by atoms with E-state index in [1.54, 1.807) is 0 Å². The fourth-order valence-corrected chi connectivity index (χ4v) is 4.18. The van der Waals surface area contributed by atoms with E-state index in [9.17, 15) is 9.59 Å². The molecule has 3 aliphatic rings. The number of H-pyrrole nitrogens is 1. The number of benzene rings is 1. The largest absolute Gasteiger partial charge is 0.274 e. The third-order valence-electron chi connectivity index (χ3n) is 5.19. The van der Waals surface area contributed by atoms with Gasteiger partial charge in [0, 0.05) is 5.56 Å². The summed E-state index contributed by atoms with van der Waals surface area (Å²) < 4.78 is 0. The molecule has 1 saturated carbocycles. The Kier molecular flexibility index (Phi) is 2.43. The van der Waals surface area contributed by atoms with Crippen LogP contribution in [0.1, 0.15) is 6.42 Å². The number of aromatic nitrogens is 3. The van der Waals surface area contributed by atoms with Crippen LogP contribution in [0.2, 0.25) is 0 Å². The zero-order chi connectivity index (χ0) is 15.6. The number of rotatable bonds is 2. The molecule has 23 heavy (non-hydrogen) atoms. The van der Waals surface area contributed by atoms with E-state index in [4.69, 9.17) is 0 Å². The molecule has 2 amide bonds. The molecule has 0 spiro atoms. The highest BCUT2D eigenvalue weighted by molar-refractivity contribution is 6.21. The van der Waals surface area contributed by atoms with Gasteiger partial charge in [-0.2, -0.15) is 4.98 Å². The SMILES string of the molecule is O=C1[C@@H]2[C@@H](C(=O)N1c1n[nH]c(-c3ccccc3)n1)[C@H]1C=C[C@@H]2C1. The summed E-state index contributed by atoms with van der Waals surface area (Å²) in [5.74, 6) is 0.336. The van der Waals surface area contributed by atoms with E-state index < -0.39 is 0 Å². The summed E-state index contributed by atoms with van der Waals surface area (Å²) >= 11 is 0. The van der Waals surface area contributed by atoms with Crippen molar-refractivity contribution in [1.29, 1.82) is 0 Å². The van der Waals surface area contributed by atoms with E-state index in [-0.39, 0.29) is 41.4 Å². The second kappa shape index (κ2) is 4.38. The molecule has 2 fully saturated rings. The zero-order valence-corrected chi connectivity index (χ0v) is 12.2. The lowest BCUT2D eigenvalue weighted by Crippen LogP contribution is -2.33. The molecule has 2 bridgehead atoms. The maximum Gasteiger partial charge on any atom is 0.258 e. The van der Waals surface area contributed by atoms with Crippen LogP contribution in [0.25, 0.3) is 11.4 Å². The summed E-state index contributed by atoms with van der Waals surface area (Å²) in [6.07, 6.45) is 5.08. The number of aromatic amines is 1. The van der Waals surface area contributed by atoms with Gasteiger partial charge in [-0.15, -0.1) is 5.10 Å². The number of carbonyl (C=O) groups is 2. The average molecular weight is 306 g/mol. The predicted octanol–water partition coefficient (Wildman–Crippen LogP) is 1.78. The number of allylic oxidation sites excluding steroid dienone is 2. The molecular weight excluding hydrogens is 292 g/mol. The van der Waals surface area contributed by atoms with Crippen LogP contribution in [-0.4, -0.2) is 27.0 Å². The van der Waals surface area contributed by atoms with Crippen LogP contribution in [-0.2, 0) is 9.59 Å².